The predicted octanol–water partition coefficient (Wildman–Crippen LogP) is 3.11. The summed E-state index contributed by atoms with van der Waals surface area (Å²) in [6, 6.07) is 4.32. The van der Waals surface area contributed by atoms with Crippen LogP contribution in [-0.2, 0) is 0 Å². The Labute approximate surface area is 108 Å². The van der Waals surface area contributed by atoms with Crippen LogP contribution in [0.25, 0.3) is 0 Å². The molecule has 0 aromatic heterocycles. The van der Waals surface area contributed by atoms with Gasteiger partial charge in [0.2, 0.25) is 0 Å². The molecule has 4 heteroatoms. The molecule has 2 atom stereocenters. The van der Waals surface area contributed by atoms with Crippen molar-refractivity contribution in [3.63, 3.8) is 0 Å². The fourth-order valence-corrected chi connectivity index (χ4v) is 1.69. The Morgan fingerprint density at radius 2 is 2.06 bits per heavy atom. The van der Waals surface area contributed by atoms with Crippen LogP contribution in [0.15, 0.2) is 18.2 Å². The third-order valence-corrected chi connectivity index (χ3v) is 2.83. The van der Waals surface area contributed by atoms with Crippen molar-refractivity contribution in [2.24, 2.45) is 5.73 Å². The van der Waals surface area contributed by atoms with Gasteiger partial charge in [-0.2, -0.15) is 0 Å². The molecule has 0 radical (unpaired) electrons. The van der Waals surface area contributed by atoms with Gasteiger partial charge in [0.15, 0.2) is 0 Å². The number of aliphatic hydroxyl groups is 1. The highest BCUT2D eigenvalue weighted by Crippen LogP contribution is 2.20. The molecule has 0 heterocycles. The Kier molecular flexibility index (Phi) is 7.35. The Hall–Kier alpha value is -0.640. The molecule has 0 spiro atoms. The van der Waals surface area contributed by atoms with Crippen molar-refractivity contribution in [2.75, 3.05) is 0 Å². The zero-order valence-corrected chi connectivity index (χ0v) is 11.1. The van der Waals surface area contributed by atoms with E-state index in [4.69, 9.17) is 5.73 Å². The molecule has 0 fully saturated rings. The molecule has 98 valence electrons. The summed E-state index contributed by atoms with van der Waals surface area (Å²) < 4.78 is 13.1. The van der Waals surface area contributed by atoms with E-state index in [0.29, 0.717) is 12.0 Å². The quantitative estimate of drug-likeness (QED) is 0.856. The summed E-state index contributed by atoms with van der Waals surface area (Å²) in [6.07, 6.45) is 2.12. The van der Waals surface area contributed by atoms with Gasteiger partial charge in [0, 0.05) is 0 Å². The smallest absolute Gasteiger partial charge is 0.126 e. The average Bonchev–Trinajstić information content (AvgIpc) is 2.28. The summed E-state index contributed by atoms with van der Waals surface area (Å²) in [4.78, 5) is 0. The maximum atomic E-state index is 13.1. The second-order valence-corrected chi connectivity index (χ2v) is 4.24. The molecule has 1 aromatic carbocycles. The zero-order valence-electron chi connectivity index (χ0n) is 10.3. The van der Waals surface area contributed by atoms with Gasteiger partial charge in [0.05, 0.1) is 12.1 Å². The van der Waals surface area contributed by atoms with E-state index in [0.717, 1.165) is 18.4 Å². The number of nitrogens with two attached hydrogens (primary N) is 1. The van der Waals surface area contributed by atoms with Gasteiger partial charge >= 0.3 is 0 Å². The maximum absolute atomic E-state index is 13.1. The Balaban J connectivity index is 0.00000256. The lowest BCUT2D eigenvalue weighted by atomic mass is 9.97. The molecule has 2 nitrogen and oxygen atoms in total. The molecule has 0 bridgehead atoms. The van der Waals surface area contributed by atoms with Crippen LogP contribution in [-0.4, -0.2) is 11.2 Å². The standard InChI is InChI=1S/C13H20FNO.ClH/c1-3-4-5-12(16)13(15)10-6-7-11(14)9(2)8-10;/h6-8,12-13,16H,3-5,15H2,1-2H3;1H/t12-,13+;/m0./s1. The molecular weight excluding hydrogens is 241 g/mol. The van der Waals surface area contributed by atoms with Gasteiger partial charge in [-0.3, -0.25) is 0 Å². The molecule has 1 aromatic rings. The van der Waals surface area contributed by atoms with Gasteiger partial charge in [-0.25, -0.2) is 4.39 Å². The lowest BCUT2D eigenvalue weighted by molar-refractivity contribution is 0.132. The van der Waals surface area contributed by atoms with Crippen LogP contribution in [0.1, 0.15) is 43.4 Å². The highest BCUT2D eigenvalue weighted by molar-refractivity contribution is 5.85. The van der Waals surface area contributed by atoms with Gasteiger partial charge in [0.25, 0.3) is 0 Å². The van der Waals surface area contributed by atoms with Crippen molar-refractivity contribution in [1.82, 2.24) is 0 Å². The Bertz CT molecular complexity index is 346. The summed E-state index contributed by atoms with van der Waals surface area (Å²) >= 11 is 0. The molecule has 0 unspecified atom stereocenters. The number of hydrogen-bond acceptors (Lipinski definition) is 2. The lowest BCUT2D eigenvalue weighted by Crippen LogP contribution is -2.26. The lowest BCUT2D eigenvalue weighted by Gasteiger charge is -2.19. The van der Waals surface area contributed by atoms with Crippen LogP contribution in [0.3, 0.4) is 0 Å². The molecule has 0 aliphatic rings. The van der Waals surface area contributed by atoms with E-state index < -0.39 is 12.1 Å². The summed E-state index contributed by atoms with van der Waals surface area (Å²) in [6.45, 7) is 3.77. The first-order valence-electron chi connectivity index (χ1n) is 5.76. The highest BCUT2D eigenvalue weighted by atomic mass is 35.5. The number of aryl methyl sites for hydroxylation is 1. The Morgan fingerprint density at radius 3 is 2.59 bits per heavy atom. The highest BCUT2D eigenvalue weighted by Gasteiger charge is 2.16. The van der Waals surface area contributed by atoms with Gasteiger partial charge in [0.1, 0.15) is 5.82 Å². The zero-order chi connectivity index (χ0) is 12.1. The fourth-order valence-electron chi connectivity index (χ4n) is 1.69. The molecule has 17 heavy (non-hydrogen) atoms. The van der Waals surface area contributed by atoms with E-state index in [9.17, 15) is 9.50 Å². The minimum atomic E-state index is -0.551. The minimum absolute atomic E-state index is 0. The number of unbranched alkanes of at least 4 members (excludes halogenated alkanes) is 1. The summed E-state index contributed by atoms with van der Waals surface area (Å²) in [5.41, 5.74) is 7.29. The average molecular weight is 262 g/mol. The van der Waals surface area contributed by atoms with Crippen molar-refractivity contribution in [1.29, 1.82) is 0 Å². The van der Waals surface area contributed by atoms with Crippen molar-refractivity contribution >= 4 is 12.4 Å². The third-order valence-electron chi connectivity index (χ3n) is 2.83. The molecule has 0 saturated carbocycles. The number of halogens is 2. The molecule has 0 aliphatic carbocycles. The van der Waals surface area contributed by atoms with Crippen molar-refractivity contribution < 1.29 is 9.50 Å². The molecule has 0 amide bonds. The van der Waals surface area contributed by atoms with E-state index in [2.05, 4.69) is 6.92 Å². The van der Waals surface area contributed by atoms with Crippen molar-refractivity contribution in [2.45, 2.75) is 45.3 Å². The summed E-state index contributed by atoms with van der Waals surface area (Å²) in [5.74, 6) is -0.237. The van der Waals surface area contributed by atoms with Gasteiger partial charge in [-0.1, -0.05) is 31.9 Å². The summed E-state index contributed by atoms with van der Waals surface area (Å²) in [7, 11) is 0. The number of aliphatic hydroxyl groups excluding tert-OH is 1. The number of hydrogen-bond donors (Lipinski definition) is 2. The first-order valence-corrected chi connectivity index (χ1v) is 5.76. The van der Waals surface area contributed by atoms with Crippen molar-refractivity contribution in [3.05, 3.63) is 35.1 Å². The largest absolute Gasteiger partial charge is 0.391 e. The molecule has 3 N–H and O–H groups in total. The minimum Gasteiger partial charge on any atom is -0.391 e. The maximum Gasteiger partial charge on any atom is 0.126 e. The second-order valence-electron chi connectivity index (χ2n) is 4.24. The first kappa shape index (κ1) is 16.4. The van der Waals surface area contributed by atoms with E-state index in [1.165, 1.54) is 6.07 Å². The van der Waals surface area contributed by atoms with Gasteiger partial charge < -0.3 is 10.8 Å². The first-order chi connectivity index (χ1) is 7.56. The molecule has 0 aliphatic heterocycles. The van der Waals surface area contributed by atoms with Crippen LogP contribution in [0, 0.1) is 12.7 Å². The predicted molar refractivity (Wildman–Crippen MR) is 70.8 cm³/mol. The SMILES string of the molecule is CCCC[C@H](O)[C@H](N)c1ccc(F)c(C)c1.Cl. The molecule has 0 saturated heterocycles. The Morgan fingerprint density at radius 1 is 1.41 bits per heavy atom. The van der Waals surface area contributed by atoms with E-state index in [1.807, 2.05) is 0 Å². The number of rotatable bonds is 5. The molecular formula is C13H21ClFNO. The van der Waals surface area contributed by atoms with Crippen LogP contribution in [0.5, 0.6) is 0 Å². The van der Waals surface area contributed by atoms with E-state index >= 15 is 0 Å². The number of benzene rings is 1. The normalized spacial score (nSPS) is 13.9. The van der Waals surface area contributed by atoms with Crippen LogP contribution in [0.2, 0.25) is 0 Å². The van der Waals surface area contributed by atoms with Gasteiger partial charge in [-0.05, 0) is 30.5 Å². The van der Waals surface area contributed by atoms with Crippen LogP contribution < -0.4 is 5.73 Å². The van der Waals surface area contributed by atoms with Crippen LogP contribution >= 0.6 is 12.4 Å². The summed E-state index contributed by atoms with van der Waals surface area (Å²) in [5, 5.41) is 9.84. The van der Waals surface area contributed by atoms with Crippen LogP contribution in [0.4, 0.5) is 4.39 Å². The third kappa shape index (κ3) is 4.62. The van der Waals surface area contributed by atoms with E-state index in [1.54, 1.807) is 19.1 Å². The monoisotopic (exact) mass is 261 g/mol. The van der Waals surface area contributed by atoms with Gasteiger partial charge in [-0.15, -0.1) is 12.4 Å². The van der Waals surface area contributed by atoms with Crippen molar-refractivity contribution in [3.8, 4) is 0 Å². The fraction of sp³-hybridized carbons (Fsp3) is 0.538. The topological polar surface area (TPSA) is 46.2 Å². The van der Waals surface area contributed by atoms with E-state index in [-0.39, 0.29) is 18.2 Å². The second kappa shape index (κ2) is 7.64. The molecule has 1 rings (SSSR count).